The minimum Gasteiger partial charge on any atom is -0.504 e. The third-order valence-electron chi connectivity index (χ3n) is 4.34. The summed E-state index contributed by atoms with van der Waals surface area (Å²) in [6.07, 6.45) is 2.32. The first kappa shape index (κ1) is 16.1. The number of nitrogens with one attached hydrogen (secondary N) is 2. The molecule has 0 aromatic heterocycles. The smallest absolute Gasteiger partial charge is 0.161 e. The van der Waals surface area contributed by atoms with E-state index in [1.54, 1.807) is 0 Å². The van der Waals surface area contributed by atoms with Crippen LogP contribution in [0.3, 0.4) is 0 Å². The van der Waals surface area contributed by atoms with Crippen LogP contribution in [0.15, 0.2) is 35.2 Å². The average Bonchev–Trinajstić information content (AvgIpc) is 2.55. The van der Waals surface area contributed by atoms with Crippen LogP contribution in [0.25, 0.3) is 0 Å². The Morgan fingerprint density at radius 1 is 1.21 bits per heavy atom. The van der Waals surface area contributed by atoms with Gasteiger partial charge in [0.1, 0.15) is 17.9 Å². The summed E-state index contributed by atoms with van der Waals surface area (Å²) >= 11 is 0. The number of nitriles is 1. The van der Waals surface area contributed by atoms with E-state index in [9.17, 15) is 15.5 Å². The standard InChI is InChI=1S/C18H21N3O3/c1-3-20-13-7-17-11(18(21-4-2)12(13)9-19)5-10-6-14(22)15(23)8-16(10)24-17/h6-8,11,17,20-23H,3-5H2,1-2H3. The molecule has 2 aliphatic rings. The van der Waals surface area contributed by atoms with Crippen molar-refractivity contribution in [3.05, 3.63) is 40.7 Å². The second-order valence-corrected chi connectivity index (χ2v) is 5.88. The minimum absolute atomic E-state index is 0.0292. The van der Waals surface area contributed by atoms with Crippen LogP contribution in [0, 0.1) is 17.2 Å². The molecule has 2 atom stereocenters. The van der Waals surface area contributed by atoms with Crippen LogP contribution in [0.4, 0.5) is 0 Å². The van der Waals surface area contributed by atoms with E-state index in [2.05, 4.69) is 16.7 Å². The molecule has 0 amide bonds. The summed E-state index contributed by atoms with van der Waals surface area (Å²) in [5, 5.41) is 35.6. The van der Waals surface area contributed by atoms with Crippen LogP contribution in [-0.4, -0.2) is 29.4 Å². The number of hydrogen-bond acceptors (Lipinski definition) is 6. The van der Waals surface area contributed by atoms with E-state index in [4.69, 9.17) is 4.74 Å². The zero-order chi connectivity index (χ0) is 17.3. The van der Waals surface area contributed by atoms with Gasteiger partial charge in [0.05, 0.1) is 11.3 Å². The lowest BCUT2D eigenvalue weighted by Crippen LogP contribution is -2.41. The highest BCUT2D eigenvalue weighted by Crippen LogP contribution is 2.42. The molecule has 126 valence electrons. The average molecular weight is 327 g/mol. The molecule has 0 fully saturated rings. The van der Waals surface area contributed by atoms with Crippen LogP contribution in [0.2, 0.25) is 0 Å². The third-order valence-corrected chi connectivity index (χ3v) is 4.34. The van der Waals surface area contributed by atoms with Crippen LogP contribution >= 0.6 is 0 Å². The molecular formula is C18H21N3O3. The monoisotopic (exact) mass is 327 g/mol. The topological polar surface area (TPSA) is 97.5 Å². The van der Waals surface area contributed by atoms with Gasteiger partial charge >= 0.3 is 0 Å². The summed E-state index contributed by atoms with van der Waals surface area (Å²) in [6, 6.07) is 5.26. The molecule has 0 spiro atoms. The number of phenolic OH excluding ortho intramolecular Hbond substituents is 2. The van der Waals surface area contributed by atoms with Crippen molar-refractivity contribution in [1.82, 2.24) is 10.6 Å². The fourth-order valence-corrected chi connectivity index (χ4v) is 3.31. The Hall–Kier alpha value is -2.81. The van der Waals surface area contributed by atoms with Gasteiger partial charge in [-0.05, 0) is 38.0 Å². The van der Waals surface area contributed by atoms with Gasteiger partial charge in [0.25, 0.3) is 0 Å². The number of nitrogens with zero attached hydrogens (tertiary/aromatic N) is 1. The molecule has 4 N–H and O–H groups in total. The van der Waals surface area contributed by atoms with Crippen LogP contribution in [0.5, 0.6) is 17.2 Å². The maximum atomic E-state index is 9.74. The van der Waals surface area contributed by atoms with Gasteiger partial charge in [0.15, 0.2) is 11.5 Å². The van der Waals surface area contributed by atoms with E-state index in [0.717, 1.165) is 17.0 Å². The molecule has 0 radical (unpaired) electrons. The Balaban J connectivity index is 2.06. The van der Waals surface area contributed by atoms with Crippen molar-refractivity contribution in [2.75, 3.05) is 13.1 Å². The summed E-state index contributed by atoms with van der Waals surface area (Å²) in [6.45, 7) is 5.38. The van der Waals surface area contributed by atoms with E-state index in [1.807, 2.05) is 19.9 Å². The predicted molar refractivity (Wildman–Crippen MR) is 89.5 cm³/mol. The number of hydrogen-bond donors (Lipinski definition) is 4. The zero-order valence-corrected chi connectivity index (χ0v) is 13.8. The fourth-order valence-electron chi connectivity index (χ4n) is 3.31. The molecule has 3 rings (SSSR count). The van der Waals surface area contributed by atoms with E-state index in [0.29, 0.717) is 30.8 Å². The normalized spacial score (nSPS) is 21.8. The lowest BCUT2D eigenvalue weighted by atomic mass is 9.81. The Kier molecular flexibility index (Phi) is 4.26. The van der Waals surface area contributed by atoms with E-state index >= 15 is 0 Å². The van der Waals surface area contributed by atoms with E-state index < -0.39 is 0 Å². The molecule has 0 saturated heterocycles. The minimum atomic E-state index is -0.235. The first-order valence-electron chi connectivity index (χ1n) is 8.14. The largest absolute Gasteiger partial charge is 0.504 e. The highest BCUT2D eigenvalue weighted by atomic mass is 16.5. The number of benzene rings is 1. The molecule has 0 saturated carbocycles. The highest BCUT2D eigenvalue weighted by Gasteiger charge is 2.37. The number of ether oxygens (including phenoxy) is 1. The highest BCUT2D eigenvalue weighted by molar-refractivity contribution is 5.54. The van der Waals surface area contributed by atoms with Crippen LogP contribution in [-0.2, 0) is 6.42 Å². The van der Waals surface area contributed by atoms with Gasteiger partial charge in [-0.1, -0.05) is 0 Å². The van der Waals surface area contributed by atoms with Crippen molar-refractivity contribution < 1.29 is 14.9 Å². The molecule has 6 nitrogen and oxygen atoms in total. The first-order valence-corrected chi connectivity index (χ1v) is 8.14. The molecule has 0 bridgehead atoms. The number of phenols is 2. The SMILES string of the molecule is CCNC1=CC2Oc3cc(O)c(O)cc3CC2C(NCC)=C1C#N. The van der Waals surface area contributed by atoms with Crippen molar-refractivity contribution in [3.63, 3.8) is 0 Å². The number of allylic oxidation sites excluding steroid dienone is 1. The van der Waals surface area contributed by atoms with E-state index in [-0.39, 0.29) is 23.5 Å². The molecule has 6 heteroatoms. The van der Waals surface area contributed by atoms with Gasteiger partial charge < -0.3 is 25.6 Å². The van der Waals surface area contributed by atoms with Gasteiger partial charge in [0.2, 0.25) is 0 Å². The van der Waals surface area contributed by atoms with Gasteiger partial charge in [-0.15, -0.1) is 0 Å². The first-order chi connectivity index (χ1) is 11.6. The van der Waals surface area contributed by atoms with Gasteiger partial charge in [-0.2, -0.15) is 5.26 Å². The van der Waals surface area contributed by atoms with Gasteiger partial charge in [0, 0.05) is 30.8 Å². The van der Waals surface area contributed by atoms with Crippen molar-refractivity contribution in [2.45, 2.75) is 26.4 Å². The van der Waals surface area contributed by atoms with Crippen molar-refractivity contribution in [3.8, 4) is 23.3 Å². The predicted octanol–water partition coefficient (Wildman–Crippen LogP) is 1.91. The second-order valence-electron chi connectivity index (χ2n) is 5.88. The fraction of sp³-hybridized carbons (Fsp3) is 0.389. The molecule has 2 unspecified atom stereocenters. The molecule has 1 aliphatic carbocycles. The lowest BCUT2D eigenvalue weighted by Gasteiger charge is -2.37. The molecular weight excluding hydrogens is 306 g/mol. The Morgan fingerprint density at radius 2 is 1.92 bits per heavy atom. The second kappa shape index (κ2) is 6.36. The lowest BCUT2D eigenvalue weighted by molar-refractivity contribution is 0.164. The quantitative estimate of drug-likeness (QED) is 0.631. The molecule has 1 aromatic carbocycles. The number of rotatable bonds is 4. The molecule has 1 aromatic rings. The number of aromatic hydroxyl groups is 2. The number of likely N-dealkylation sites (N-methyl/N-ethyl adjacent to an activating group) is 1. The summed E-state index contributed by atoms with van der Waals surface area (Å²) in [5.74, 6) is 0.178. The third kappa shape index (κ3) is 2.62. The summed E-state index contributed by atoms with van der Waals surface area (Å²) in [7, 11) is 0. The zero-order valence-electron chi connectivity index (χ0n) is 13.8. The van der Waals surface area contributed by atoms with Crippen molar-refractivity contribution in [2.24, 2.45) is 5.92 Å². The van der Waals surface area contributed by atoms with Crippen molar-refractivity contribution in [1.29, 1.82) is 5.26 Å². The van der Waals surface area contributed by atoms with Gasteiger partial charge in [-0.25, -0.2) is 0 Å². The van der Waals surface area contributed by atoms with Crippen molar-refractivity contribution >= 4 is 0 Å². The summed E-state index contributed by atoms with van der Waals surface area (Å²) in [4.78, 5) is 0. The van der Waals surface area contributed by atoms with Gasteiger partial charge in [-0.3, -0.25) is 0 Å². The number of fused-ring (bicyclic) bond motifs is 2. The summed E-state index contributed by atoms with van der Waals surface area (Å²) < 4.78 is 6.05. The Labute approximate surface area is 141 Å². The maximum Gasteiger partial charge on any atom is 0.161 e. The molecule has 24 heavy (non-hydrogen) atoms. The summed E-state index contributed by atoms with van der Waals surface area (Å²) in [5.41, 5.74) is 3.06. The van der Waals surface area contributed by atoms with Crippen LogP contribution in [0.1, 0.15) is 19.4 Å². The molecule has 1 heterocycles. The Bertz CT molecular complexity index is 762. The molecule has 1 aliphatic heterocycles. The maximum absolute atomic E-state index is 9.74. The van der Waals surface area contributed by atoms with Crippen LogP contribution < -0.4 is 15.4 Å². The Morgan fingerprint density at radius 3 is 2.58 bits per heavy atom. The van der Waals surface area contributed by atoms with E-state index in [1.165, 1.54) is 12.1 Å².